The lowest BCUT2D eigenvalue weighted by molar-refractivity contribution is 0.163. The number of imidazole rings is 1. The fourth-order valence-corrected chi connectivity index (χ4v) is 3.40. The van der Waals surface area contributed by atoms with E-state index >= 15 is 0 Å². The lowest BCUT2D eigenvalue weighted by atomic mass is 10.2. The van der Waals surface area contributed by atoms with Crippen LogP contribution in [0.1, 0.15) is 25.7 Å². The van der Waals surface area contributed by atoms with E-state index in [1.165, 1.54) is 0 Å². The smallest absolute Gasteiger partial charge is 0.214 e. The largest absolute Gasteiger partial charge is 0.381 e. The third-order valence-electron chi connectivity index (χ3n) is 3.22. The van der Waals surface area contributed by atoms with Crippen molar-refractivity contribution in [2.75, 3.05) is 19.0 Å². The van der Waals surface area contributed by atoms with Gasteiger partial charge in [0.2, 0.25) is 10.0 Å². The second kappa shape index (κ2) is 8.05. The molecule has 0 aliphatic heterocycles. The zero-order valence-corrected chi connectivity index (χ0v) is 15.4. The van der Waals surface area contributed by atoms with Gasteiger partial charge < -0.3 is 9.72 Å². The fourth-order valence-electron chi connectivity index (χ4n) is 2.03. The number of aromatic amines is 1. The molecule has 0 aliphatic carbocycles. The van der Waals surface area contributed by atoms with E-state index in [1.807, 2.05) is 31.2 Å². The maximum atomic E-state index is 12.0. The highest BCUT2D eigenvalue weighted by molar-refractivity contribution is 9.10. The van der Waals surface area contributed by atoms with Gasteiger partial charge in [-0.25, -0.2) is 18.1 Å². The summed E-state index contributed by atoms with van der Waals surface area (Å²) in [6, 6.07) is 7.35. The summed E-state index contributed by atoms with van der Waals surface area (Å²) in [6.45, 7) is 4.26. The number of ether oxygens (including phenoxy) is 1. The van der Waals surface area contributed by atoms with Crippen LogP contribution < -0.4 is 4.72 Å². The molecule has 1 aromatic heterocycles. The summed E-state index contributed by atoms with van der Waals surface area (Å²) in [5.74, 6) is 0.508. The number of sulfonamides is 1. The summed E-state index contributed by atoms with van der Waals surface area (Å²) in [5.41, 5.74) is 1.83. The van der Waals surface area contributed by atoms with Crippen LogP contribution in [0.15, 0.2) is 34.9 Å². The van der Waals surface area contributed by atoms with Crippen molar-refractivity contribution in [3.05, 3.63) is 40.8 Å². The summed E-state index contributed by atoms with van der Waals surface area (Å²) < 4.78 is 32.6. The van der Waals surface area contributed by atoms with Gasteiger partial charge in [-0.1, -0.05) is 28.1 Å². The highest BCUT2D eigenvalue weighted by Gasteiger charge is 2.18. The molecule has 0 saturated heterocycles. The van der Waals surface area contributed by atoms with Gasteiger partial charge in [-0.15, -0.1) is 0 Å². The molecule has 0 saturated carbocycles. The average Bonchev–Trinajstić information content (AvgIpc) is 2.97. The number of hydrogen-bond acceptors (Lipinski definition) is 4. The number of halogens is 1. The maximum absolute atomic E-state index is 12.0. The Kier molecular flexibility index (Phi) is 6.34. The number of benzene rings is 1. The summed E-state index contributed by atoms with van der Waals surface area (Å²) in [5, 5.41) is 0. The highest BCUT2D eigenvalue weighted by atomic mass is 79.9. The summed E-state index contributed by atoms with van der Waals surface area (Å²) in [7, 11) is -3.40. The first-order valence-electron chi connectivity index (χ1n) is 7.30. The molecule has 126 valence electrons. The second-order valence-electron chi connectivity index (χ2n) is 5.04. The van der Waals surface area contributed by atoms with E-state index in [4.69, 9.17) is 4.74 Å². The molecule has 0 aliphatic rings. The van der Waals surface area contributed by atoms with Crippen LogP contribution in [0.25, 0.3) is 11.3 Å². The summed E-state index contributed by atoms with van der Waals surface area (Å²) in [4.78, 5) is 7.42. The predicted octanol–water partition coefficient (Wildman–Crippen LogP) is 2.86. The molecule has 2 aromatic rings. The third-order valence-corrected chi connectivity index (χ3v) is 5.16. The van der Waals surface area contributed by atoms with Crippen molar-refractivity contribution in [3.63, 3.8) is 0 Å². The van der Waals surface area contributed by atoms with Crippen molar-refractivity contribution < 1.29 is 13.2 Å². The monoisotopic (exact) mass is 401 g/mol. The van der Waals surface area contributed by atoms with Gasteiger partial charge in [0.25, 0.3) is 0 Å². The Morgan fingerprint density at radius 3 is 2.70 bits per heavy atom. The van der Waals surface area contributed by atoms with Crippen LogP contribution in [-0.4, -0.2) is 37.4 Å². The first-order valence-corrected chi connectivity index (χ1v) is 9.74. The van der Waals surface area contributed by atoms with Crippen molar-refractivity contribution in [2.24, 2.45) is 0 Å². The molecule has 1 heterocycles. The van der Waals surface area contributed by atoms with Gasteiger partial charge >= 0.3 is 0 Å². The number of rotatable bonds is 8. The van der Waals surface area contributed by atoms with Gasteiger partial charge in [0.05, 0.1) is 30.3 Å². The summed E-state index contributed by atoms with van der Waals surface area (Å²) in [6.07, 6.45) is 1.70. The topological polar surface area (TPSA) is 84.1 Å². The van der Waals surface area contributed by atoms with Gasteiger partial charge in [0.15, 0.2) is 0 Å². The number of H-pyrrole nitrogens is 1. The number of nitrogens with one attached hydrogen (secondary N) is 2. The Morgan fingerprint density at radius 1 is 1.35 bits per heavy atom. The standard InChI is InChI=1S/C15H20BrN3O3S/c1-3-22-8-9-23(20,21)19-11(2)15-17-10-14(18-15)12-4-6-13(16)7-5-12/h4-7,10-11,19H,3,8-9H2,1-2H3,(H,17,18). The zero-order chi connectivity index (χ0) is 16.9. The van der Waals surface area contributed by atoms with Crippen LogP contribution in [-0.2, 0) is 14.8 Å². The normalized spacial score (nSPS) is 13.2. The van der Waals surface area contributed by atoms with E-state index in [0.717, 1.165) is 15.7 Å². The fraction of sp³-hybridized carbons (Fsp3) is 0.400. The zero-order valence-electron chi connectivity index (χ0n) is 13.0. The van der Waals surface area contributed by atoms with E-state index in [2.05, 4.69) is 30.6 Å². The van der Waals surface area contributed by atoms with Gasteiger partial charge in [-0.2, -0.15) is 0 Å². The van der Waals surface area contributed by atoms with Crippen molar-refractivity contribution in [1.29, 1.82) is 0 Å². The van der Waals surface area contributed by atoms with Gasteiger partial charge in [0.1, 0.15) is 5.82 Å². The Bertz CT molecular complexity index is 729. The molecule has 0 bridgehead atoms. The van der Waals surface area contributed by atoms with Crippen molar-refractivity contribution in [3.8, 4) is 11.3 Å². The maximum Gasteiger partial charge on any atom is 0.214 e. The molecule has 6 nitrogen and oxygen atoms in total. The lowest BCUT2D eigenvalue weighted by Crippen LogP contribution is -2.31. The van der Waals surface area contributed by atoms with E-state index in [9.17, 15) is 8.42 Å². The highest BCUT2D eigenvalue weighted by Crippen LogP contribution is 2.21. The summed E-state index contributed by atoms with van der Waals surface area (Å²) >= 11 is 3.39. The molecule has 1 atom stereocenters. The first kappa shape index (κ1) is 18.1. The number of aromatic nitrogens is 2. The van der Waals surface area contributed by atoms with Crippen molar-refractivity contribution in [1.82, 2.24) is 14.7 Å². The molecule has 2 rings (SSSR count). The predicted molar refractivity (Wildman–Crippen MR) is 93.6 cm³/mol. The molecule has 0 spiro atoms. The van der Waals surface area contributed by atoms with E-state index in [-0.39, 0.29) is 12.4 Å². The minimum Gasteiger partial charge on any atom is -0.381 e. The average molecular weight is 402 g/mol. The quantitative estimate of drug-likeness (QED) is 0.665. The molecule has 1 aromatic carbocycles. The molecule has 0 amide bonds. The molecule has 0 radical (unpaired) electrons. The van der Waals surface area contributed by atoms with E-state index < -0.39 is 16.1 Å². The first-order chi connectivity index (χ1) is 10.9. The van der Waals surface area contributed by atoms with Gasteiger partial charge in [0, 0.05) is 11.1 Å². The van der Waals surface area contributed by atoms with Crippen LogP contribution >= 0.6 is 15.9 Å². The molecule has 23 heavy (non-hydrogen) atoms. The lowest BCUT2D eigenvalue weighted by Gasteiger charge is -2.12. The van der Waals surface area contributed by atoms with Gasteiger partial charge in [-0.05, 0) is 31.5 Å². The number of hydrogen-bond donors (Lipinski definition) is 2. The van der Waals surface area contributed by atoms with Crippen LogP contribution in [0, 0.1) is 0 Å². The Hall–Kier alpha value is -1.22. The molecular formula is C15H20BrN3O3S. The Labute approximate surface area is 144 Å². The van der Waals surface area contributed by atoms with Crippen LogP contribution in [0.5, 0.6) is 0 Å². The molecule has 0 fully saturated rings. The van der Waals surface area contributed by atoms with Crippen LogP contribution in [0.3, 0.4) is 0 Å². The second-order valence-corrected chi connectivity index (χ2v) is 7.83. The van der Waals surface area contributed by atoms with E-state index in [0.29, 0.717) is 12.4 Å². The number of nitrogens with zero attached hydrogens (tertiary/aromatic N) is 1. The van der Waals surface area contributed by atoms with Crippen molar-refractivity contribution in [2.45, 2.75) is 19.9 Å². The molecule has 1 unspecified atom stereocenters. The SMILES string of the molecule is CCOCCS(=O)(=O)NC(C)c1ncc(-c2ccc(Br)cc2)[nH]1. The minimum absolute atomic E-state index is 0.0640. The third kappa shape index (κ3) is 5.42. The minimum atomic E-state index is -3.40. The Morgan fingerprint density at radius 2 is 2.04 bits per heavy atom. The van der Waals surface area contributed by atoms with Crippen molar-refractivity contribution >= 4 is 26.0 Å². The van der Waals surface area contributed by atoms with Crippen LogP contribution in [0.2, 0.25) is 0 Å². The molecular weight excluding hydrogens is 382 g/mol. The van der Waals surface area contributed by atoms with E-state index in [1.54, 1.807) is 13.1 Å². The molecule has 2 N–H and O–H groups in total. The van der Waals surface area contributed by atoms with Crippen LogP contribution in [0.4, 0.5) is 0 Å². The Balaban J connectivity index is 2.03. The molecule has 8 heteroatoms. The van der Waals surface area contributed by atoms with Gasteiger partial charge in [-0.3, -0.25) is 0 Å².